The van der Waals surface area contributed by atoms with Gasteiger partial charge in [-0.2, -0.15) is 0 Å². The van der Waals surface area contributed by atoms with E-state index in [1.54, 1.807) is 0 Å². The molecule has 4 aromatic rings. The predicted octanol–water partition coefficient (Wildman–Crippen LogP) is 4.62. The standard InChI is InChI=1S/C22H19N5O2/c28-22(29)27-10-8-15(9-11-27)19-12-17-20(23-13-24-21(17)26-19)25-18-7-3-5-14-4-1-2-6-16(14)18/h1-8,12-13H,9-11H2,(H,28,29)(H2,23,24,25,26). The molecule has 0 radical (unpaired) electrons. The summed E-state index contributed by atoms with van der Waals surface area (Å²) >= 11 is 0. The van der Waals surface area contributed by atoms with Crippen molar-refractivity contribution in [2.75, 3.05) is 18.4 Å². The molecule has 144 valence electrons. The molecule has 2 aromatic heterocycles. The number of nitrogens with one attached hydrogen (secondary N) is 2. The van der Waals surface area contributed by atoms with Crippen LogP contribution in [0.5, 0.6) is 0 Å². The highest BCUT2D eigenvalue weighted by Gasteiger charge is 2.19. The largest absolute Gasteiger partial charge is 0.465 e. The van der Waals surface area contributed by atoms with E-state index in [0.29, 0.717) is 19.5 Å². The Morgan fingerprint density at radius 2 is 1.97 bits per heavy atom. The second-order valence-corrected chi connectivity index (χ2v) is 7.03. The molecule has 3 heterocycles. The van der Waals surface area contributed by atoms with Gasteiger partial charge in [-0.25, -0.2) is 14.8 Å². The normalized spacial score (nSPS) is 14.2. The van der Waals surface area contributed by atoms with Gasteiger partial charge in [0, 0.05) is 29.9 Å². The van der Waals surface area contributed by atoms with Crippen LogP contribution in [0.15, 0.2) is 60.9 Å². The quantitative estimate of drug-likeness (QED) is 0.478. The second kappa shape index (κ2) is 6.94. The van der Waals surface area contributed by atoms with Crippen LogP contribution in [-0.4, -0.2) is 44.1 Å². The molecular formula is C22H19N5O2. The lowest BCUT2D eigenvalue weighted by Crippen LogP contribution is -2.33. The van der Waals surface area contributed by atoms with Crippen LogP contribution in [0.4, 0.5) is 16.3 Å². The first-order chi connectivity index (χ1) is 14.2. The number of aromatic amines is 1. The van der Waals surface area contributed by atoms with Crippen LogP contribution in [-0.2, 0) is 0 Å². The molecule has 0 saturated carbocycles. The van der Waals surface area contributed by atoms with E-state index in [1.807, 2.05) is 36.4 Å². The molecule has 1 amide bonds. The molecule has 2 aromatic carbocycles. The molecule has 7 nitrogen and oxygen atoms in total. The molecule has 0 unspecified atom stereocenters. The van der Waals surface area contributed by atoms with Gasteiger partial charge in [0.05, 0.1) is 5.39 Å². The minimum atomic E-state index is -0.885. The second-order valence-electron chi connectivity index (χ2n) is 7.03. The van der Waals surface area contributed by atoms with E-state index in [9.17, 15) is 4.79 Å². The Bertz CT molecular complexity index is 1260. The molecule has 0 saturated heterocycles. The van der Waals surface area contributed by atoms with Gasteiger partial charge in [0.25, 0.3) is 0 Å². The van der Waals surface area contributed by atoms with E-state index in [4.69, 9.17) is 5.11 Å². The zero-order valence-electron chi connectivity index (χ0n) is 15.6. The number of fused-ring (bicyclic) bond motifs is 2. The maximum Gasteiger partial charge on any atom is 0.407 e. The highest BCUT2D eigenvalue weighted by atomic mass is 16.4. The fourth-order valence-corrected chi connectivity index (χ4v) is 3.76. The first-order valence-electron chi connectivity index (χ1n) is 9.45. The van der Waals surface area contributed by atoms with E-state index >= 15 is 0 Å². The number of carbonyl (C=O) groups is 1. The van der Waals surface area contributed by atoms with Crippen LogP contribution in [0.1, 0.15) is 12.1 Å². The van der Waals surface area contributed by atoms with Gasteiger partial charge in [0.2, 0.25) is 0 Å². The predicted molar refractivity (Wildman–Crippen MR) is 113 cm³/mol. The maximum absolute atomic E-state index is 11.1. The zero-order valence-corrected chi connectivity index (χ0v) is 15.6. The number of rotatable bonds is 3. The third-order valence-electron chi connectivity index (χ3n) is 5.29. The number of H-pyrrole nitrogens is 1. The fourth-order valence-electron chi connectivity index (χ4n) is 3.76. The lowest BCUT2D eigenvalue weighted by Gasteiger charge is -2.23. The maximum atomic E-state index is 11.1. The summed E-state index contributed by atoms with van der Waals surface area (Å²) < 4.78 is 0. The smallest absolute Gasteiger partial charge is 0.407 e. The molecule has 0 atom stereocenters. The number of anilines is 2. The van der Waals surface area contributed by atoms with Gasteiger partial charge in [-0.1, -0.05) is 42.5 Å². The Morgan fingerprint density at radius 1 is 1.10 bits per heavy atom. The van der Waals surface area contributed by atoms with Crippen LogP contribution in [0.3, 0.4) is 0 Å². The molecule has 0 fully saturated rings. The molecule has 0 spiro atoms. The van der Waals surface area contributed by atoms with Crippen molar-refractivity contribution in [1.82, 2.24) is 19.9 Å². The Kier molecular flexibility index (Phi) is 4.13. The van der Waals surface area contributed by atoms with Gasteiger partial charge in [-0.15, -0.1) is 0 Å². The molecule has 0 aliphatic carbocycles. The summed E-state index contributed by atoms with van der Waals surface area (Å²) in [7, 11) is 0. The van der Waals surface area contributed by atoms with Crippen molar-refractivity contribution in [1.29, 1.82) is 0 Å². The number of aromatic nitrogens is 3. The Morgan fingerprint density at radius 3 is 2.79 bits per heavy atom. The SMILES string of the molecule is O=C(O)N1CC=C(c2cc3c(Nc4cccc5ccccc45)ncnc3[nH]2)CC1. The first kappa shape index (κ1) is 17.2. The van der Waals surface area contributed by atoms with Crippen LogP contribution in [0.25, 0.3) is 27.4 Å². The van der Waals surface area contributed by atoms with Crippen LogP contribution < -0.4 is 5.32 Å². The van der Waals surface area contributed by atoms with Crippen molar-refractivity contribution in [2.24, 2.45) is 0 Å². The van der Waals surface area contributed by atoms with Gasteiger partial charge < -0.3 is 20.3 Å². The summed E-state index contributed by atoms with van der Waals surface area (Å²) in [5, 5.41) is 15.8. The summed E-state index contributed by atoms with van der Waals surface area (Å²) in [6.45, 7) is 0.885. The molecule has 1 aliphatic heterocycles. The lowest BCUT2D eigenvalue weighted by molar-refractivity contribution is 0.150. The summed E-state index contributed by atoms with van der Waals surface area (Å²) in [4.78, 5) is 24.7. The van der Waals surface area contributed by atoms with Crippen molar-refractivity contribution >= 4 is 45.0 Å². The van der Waals surface area contributed by atoms with Crippen molar-refractivity contribution in [3.05, 3.63) is 66.6 Å². The van der Waals surface area contributed by atoms with Crippen LogP contribution in [0, 0.1) is 0 Å². The number of hydrogen-bond donors (Lipinski definition) is 3. The molecule has 29 heavy (non-hydrogen) atoms. The van der Waals surface area contributed by atoms with Crippen LogP contribution >= 0.6 is 0 Å². The van der Waals surface area contributed by atoms with Crippen LogP contribution in [0.2, 0.25) is 0 Å². The minimum absolute atomic E-state index is 0.396. The number of amides is 1. The lowest BCUT2D eigenvalue weighted by atomic mass is 10.1. The average Bonchev–Trinajstić information content (AvgIpc) is 3.19. The van der Waals surface area contributed by atoms with E-state index in [2.05, 4.69) is 38.5 Å². The number of nitrogens with zero attached hydrogens (tertiary/aromatic N) is 3. The number of benzene rings is 2. The van der Waals surface area contributed by atoms with Crippen molar-refractivity contribution in [2.45, 2.75) is 6.42 Å². The first-order valence-corrected chi connectivity index (χ1v) is 9.45. The van der Waals surface area contributed by atoms with Crippen molar-refractivity contribution < 1.29 is 9.90 Å². The Hall–Kier alpha value is -3.87. The average molecular weight is 385 g/mol. The monoisotopic (exact) mass is 385 g/mol. The highest BCUT2D eigenvalue weighted by molar-refractivity contribution is 5.98. The van der Waals surface area contributed by atoms with E-state index in [1.165, 1.54) is 11.2 Å². The minimum Gasteiger partial charge on any atom is -0.465 e. The third kappa shape index (κ3) is 3.16. The Labute approximate surface area is 166 Å². The van der Waals surface area contributed by atoms with Crippen molar-refractivity contribution in [3.63, 3.8) is 0 Å². The fraction of sp³-hybridized carbons (Fsp3) is 0.136. The molecular weight excluding hydrogens is 366 g/mol. The number of hydrogen-bond acceptors (Lipinski definition) is 4. The molecule has 0 bridgehead atoms. The zero-order chi connectivity index (χ0) is 19.8. The van der Waals surface area contributed by atoms with Gasteiger partial charge >= 0.3 is 6.09 Å². The van der Waals surface area contributed by atoms with Gasteiger partial charge in [-0.3, -0.25) is 0 Å². The molecule has 3 N–H and O–H groups in total. The van der Waals surface area contributed by atoms with Crippen molar-refractivity contribution in [3.8, 4) is 0 Å². The topological polar surface area (TPSA) is 94.1 Å². The number of carboxylic acid groups (broad SMARTS) is 1. The van der Waals surface area contributed by atoms with E-state index in [0.717, 1.165) is 44.6 Å². The Balaban J connectivity index is 1.50. The summed E-state index contributed by atoms with van der Waals surface area (Å²) in [5.74, 6) is 0.734. The third-order valence-corrected chi connectivity index (χ3v) is 5.29. The van der Waals surface area contributed by atoms with E-state index in [-0.39, 0.29) is 0 Å². The molecule has 5 rings (SSSR count). The highest BCUT2D eigenvalue weighted by Crippen LogP contribution is 2.31. The van der Waals surface area contributed by atoms with Gasteiger partial charge in [-0.05, 0) is 29.5 Å². The van der Waals surface area contributed by atoms with Gasteiger partial charge in [0.15, 0.2) is 0 Å². The summed E-state index contributed by atoms with van der Waals surface area (Å²) in [6.07, 6.45) is 3.27. The van der Waals surface area contributed by atoms with E-state index < -0.39 is 6.09 Å². The van der Waals surface area contributed by atoms with Gasteiger partial charge in [0.1, 0.15) is 17.8 Å². The summed E-state index contributed by atoms with van der Waals surface area (Å²) in [5.41, 5.74) is 3.78. The summed E-state index contributed by atoms with van der Waals surface area (Å²) in [6, 6.07) is 16.4. The molecule has 1 aliphatic rings. The molecule has 7 heteroatoms.